The summed E-state index contributed by atoms with van der Waals surface area (Å²) in [4.78, 5) is 14.6. The molecule has 0 radical (unpaired) electrons. The number of hydrogen-bond donors (Lipinski definition) is 1. The van der Waals surface area contributed by atoms with Crippen LogP contribution in [0.5, 0.6) is 5.75 Å². The van der Waals surface area contributed by atoms with E-state index < -0.39 is 0 Å². The van der Waals surface area contributed by atoms with E-state index in [0.29, 0.717) is 11.1 Å². The van der Waals surface area contributed by atoms with Gasteiger partial charge in [-0.2, -0.15) is 4.68 Å². The fourth-order valence-corrected chi connectivity index (χ4v) is 3.59. The number of benzene rings is 1. The highest BCUT2D eigenvalue weighted by Gasteiger charge is 2.26. The van der Waals surface area contributed by atoms with Crippen molar-refractivity contribution in [2.45, 2.75) is 37.1 Å². The van der Waals surface area contributed by atoms with Crippen LogP contribution in [-0.4, -0.2) is 54.5 Å². The molecule has 1 aromatic carbocycles. The van der Waals surface area contributed by atoms with Crippen LogP contribution in [0.4, 0.5) is 0 Å². The lowest BCUT2D eigenvalue weighted by Gasteiger charge is -2.31. The summed E-state index contributed by atoms with van der Waals surface area (Å²) in [5, 5.41) is 21.4. The van der Waals surface area contributed by atoms with Gasteiger partial charge in [-0.15, -0.1) is 5.10 Å². The number of aromatic hydroxyl groups is 1. The fraction of sp³-hybridized carbons (Fsp3) is 0.500. The number of thioether (sulfide) groups is 1. The third-order valence-electron chi connectivity index (χ3n) is 4.26. The van der Waals surface area contributed by atoms with E-state index in [1.807, 2.05) is 11.8 Å². The number of tetrazole rings is 1. The number of nitrogens with zero attached hydrogens (tertiary/aromatic N) is 5. The van der Waals surface area contributed by atoms with E-state index in [9.17, 15) is 9.90 Å². The number of phenols is 1. The molecule has 1 aliphatic heterocycles. The van der Waals surface area contributed by atoms with Crippen LogP contribution in [0.25, 0.3) is 5.69 Å². The molecule has 2 aromatic rings. The second kappa shape index (κ2) is 7.21. The summed E-state index contributed by atoms with van der Waals surface area (Å²) in [6.45, 7) is 5.77. The van der Waals surface area contributed by atoms with E-state index in [1.54, 1.807) is 28.9 Å². The van der Waals surface area contributed by atoms with Crippen LogP contribution in [0.1, 0.15) is 26.7 Å². The monoisotopic (exact) mass is 347 g/mol. The number of carbonyl (C=O) groups excluding carboxylic acids is 1. The molecule has 1 fully saturated rings. The van der Waals surface area contributed by atoms with Gasteiger partial charge in [0.05, 0.1) is 10.9 Å². The lowest BCUT2D eigenvalue weighted by molar-refractivity contribution is -0.131. The quantitative estimate of drug-likeness (QED) is 0.853. The van der Waals surface area contributed by atoms with Crippen molar-refractivity contribution in [2.24, 2.45) is 5.92 Å². The summed E-state index contributed by atoms with van der Waals surface area (Å²) in [6.07, 6.45) is 2.13. The third kappa shape index (κ3) is 3.69. The Balaban J connectivity index is 1.69. The minimum absolute atomic E-state index is 0.132. The summed E-state index contributed by atoms with van der Waals surface area (Å²) in [5.74, 6) is 1.01. The maximum Gasteiger partial charge on any atom is 0.235 e. The molecule has 0 unspecified atom stereocenters. The normalized spacial score (nSPS) is 17.0. The molecule has 24 heavy (non-hydrogen) atoms. The van der Waals surface area contributed by atoms with Crippen molar-refractivity contribution in [3.63, 3.8) is 0 Å². The lowest BCUT2D eigenvalue weighted by atomic mass is 9.99. The molecule has 1 amide bonds. The van der Waals surface area contributed by atoms with Gasteiger partial charge >= 0.3 is 0 Å². The van der Waals surface area contributed by atoms with Gasteiger partial charge in [0, 0.05) is 13.1 Å². The fourth-order valence-electron chi connectivity index (χ4n) is 2.70. The van der Waals surface area contributed by atoms with E-state index in [2.05, 4.69) is 22.4 Å². The molecule has 128 valence electrons. The molecule has 1 aromatic heterocycles. The summed E-state index contributed by atoms with van der Waals surface area (Å²) < 4.78 is 1.58. The van der Waals surface area contributed by atoms with E-state index in [0.717, 1.165) is 31.6 Å². The highest BCUT2D eigenvalue weighted by atomic mass is 32.2. The van der Waals surface area contributed by atoms with Crippen molar-refractivity contribution in [2.75, 3.05) is 13.1 Å². The summed E-state index contributed by atoms with van der Waals surface area (Å²) in [7, 11) is 0. The maximum atomic E-state index is 12.6. The summed E-state index contributed by atoms with van der Waals surface area (Å²) >= 11 is 1.35. The Labute approximate surface area is 145 Å². The van der Waals surface area contributed by atoms with Gasteiger partial charge in [0.1, 0.15) is 5.75 Å². The highest BCUT2D eigenvalue weighted by Crippen LogP contribution is 2.26. The van der Waals surface area contributed by atoms with E-state index in [-0.39, 0.29) is 16.9 Å². The Kier molecular flexibility index (Phi) is 5.03. The SMILES string of the molecule is CC1CCN(C(=O)[C@@H](C)Sc2nnnn2-c2ccc(O)cc2)CC1. The average Bonchev–Trinajstić information content (AvgIpc) is 3.03. The van der Waals surface area contributed by atoms with E-state index >= 15 is 0 Å². The molecule has 2 heterocycles. The van der Waals surface area contributed by atoms with Crippen LogP contribution >= 0.6 is 11.8 Å². The first-order chi connectivity index (χ1) is 11.5. The Morgan fingerprint density at radius 3 is 2.62 bits per heavy atom. The predicted molar refractivity (Wildman–Crippen MR) is 91.1 cm³/mol. The minimum atomic E-state index is -0.250. The molecule has 0 aliphatic carbocycles. The van der Waals surface area contributed by atoms with Crippen LogP contribution in [0.3, 0.4) is 0 Å². The maximum absolute atomic E-state index is 12.6. The third-order valence-corrected chi connectivity index (χ3v) is 5.28. The van der Waals surface area contributed by atoms with Crippen LogP contribution in [-0.2, 0) is 4.79 Å². The first-order valence-electron chi connectivity index (χ1n) is 8.08. The summed E-state index contributed by atoms with van der Waals surface area (Å²) in [6, 6.07) is 6.62. The van der Waals surface area contributed by atoms with Gasteiger partial charge < -0.3 is 10.0 Å². The van der Waals surface area contributed by atoms with Gasteiger partial charge in [-0.3, -0.25) is 4.79 Å². The molecule has 0 bridgehead atoms. The van der Waals surface area contributed by atoms with Crippen LogP contribution in [0.15, 0.2) is 29.4 Å². The van der Waals surface area contributed by atoms with Crippen molar-refractivity contribution in [3.05, 3.63) is 24.3 Å². The zero-order valence-corrected chi connectivity index (χ0v) is 14.6. The van der Waals surface area contributed by atoms with Gasteiger partial charge in [-0.1, -0.05) is 18.7 Å². The van der Waals surface area contributed by atoms with Gasteiger partial charge in [-0.25, -0.2) is 0 Å². The van der Waals surface area contributed by atoms with Crippen LogP contribution in [0, 0.1) is 5.92 Å². The van der Waals surface area contributed by atoms with Crippen molar-refractivity contribution in [3.8, 4) is 11.4 Å². The van der Waals surface area contributed by atoms with Crippen molar-refractivity contribution in [1.29, 1.82) is 0 Å². The number of phenolic OH excluding ortho intramolecular Hbond substituents is 1. The second-order valence-electron chi connectivity index (χ2n) is 6.16. The van der Waals surface area contributed by atoms with Gasteiger partial charge in [0.25, 0.3) is 0 Å². The second-order valence-corrected chi connectivity index (χ2v) is 7.47. The molecule has 0 saturated carbocycles. The average molecular weight is 347 g/mol. The molecule has 3 rings (SSSR count). The molecule has 1 saturated heterocycles. The van der Waals surface area contributed by atoms with Gasteiger partial charge in [-0.05, 0) is 60.4 Å². The number of rotatable bonds is 4. The smallest absolute Gasteiger partial charge is 0.235 e. The minimum Gasteiger partial charge on any atom is -0.508 e. The largest absolute Gasteiger partial charge is 0.508 e. The molecule has 0 spiro atoms. The number of piperidine rings is 1. The number of carbonyl (C=O) groups is 1. The Morgan fingerprint density at radius 1 is 1.29 bits per heavy atom. The van der Waals surface area contributed by atoms with Crippen molar-refractivity contribution in [1.82, 2.24) is 25.1 Å². The molecule has 7 nitrogen and oxygen atoms in total. The number of aromatic nitrogens is 4. The number of hydrogen-bond acceptors (Lipinski definition) is 6. The Morgan fingerprint density at radius 2 is 1.96 bits per heavy atom. The van der Waals surface area contributed by atoms with E-state index in [4.69, 9.17) is 0 Å². The van der Waals surface area contributed by atoms with Gasteiger partial charge in [0.15, 0.2) is 0 Å². The van der Waals surface area contributed by atoms with Crippen molar-refractivity contribution >= 4 is 17.7 Å². The van der Waals surface area contributed by atoms with Crippen LogP contribution < -0.4 is 0 Å². The first kappa shape index (κ1) is 16.8. The lowest BCUT2D eigenvalue weighted by Crippen LogP contribution is -2.41. The Bertz CT molecular complexity index is 695. The molecule has 8 heteroatoms. The molecular weight excluding hydrogens is 326 g/mol. The van der Waals surface area contributed by atoms with Crippen molar-refractivity contribution < 1.29 is 9.90 Å². The summed E-state index contributed by atoms with van der Waals surface area (Å²) in [5.41, 5.74) is 0.742. The first-order valence-corrected chi connectivity index (χ1v) is 8.96. The molecule has 1 atom stereocenters. The van der Waals surface area contributed by atoms with E-state index in [1.165, 1.54) is 11.8 Å². The van der Waals surface area contributed by atoms with Crippen LogP contribution in [0.2, 0.25) is 0 Å². The van der Waals surface area contributed by atoms with Gasteiger partial charge in [0.2, 0.25) is 11.1 Å². The topological polar surface area (TPSA) is 84.1 Å². The number of likely N-dealkylation sites (tertiary alicyclic amines) is 1. The standard InChI is InChI=1S/C16H21N5O2S/c1-11-7-9-20(10-8-11)15(23)12(2)24-16-17-18-19-21(16)13-3-5-14(22)6-4-13/h3-6,11-12,22H,7-10H2,1-2H3/t12-/m1/s1. The molecular formula is C16H21N5O2S. The number of amides is 1. The molecule has 1 N–H and O–H groups in total. The highest BCUT2D eigenvalue weighted by molar-refractivity contribution is 8.00. The zero-order chi connectivity index (χ0) is 17.1. The Hall–Kier alpha value is -2.09. The zero-order valence-electron chi connectivity index (χ0n) is 13.8. The predicted octanol–water partition coefficient (Wildman–Crippen LogP) is 2.11. The molecule has 1 aliphatic rings.